The molecule has 24 heavy (non-hydrogen) atoms. The number of likely N-dealkylation sites (tertiary alicyclic amines) is 1. The Bertz CT molecular complexity index is 432. The lowest BCUT2D eigenvalue weighted by molar-refractivity contribution is -0.121. The predicted molar refractivity (Wildman–Crippen MR) is 101 cm³/mol. The molecule has 0 aromatic heterocycles. The molecule has 4 aliphatic rings. The van der Waals surface area contributed by atoms with Crippen LogP contribution in [0.25, 0.3) is 0 Å². The molecule has 0 aromatic rings. The lowest BCUT2D eigenvalue weighted by Crippen LogP contribution is -2.68. The van der Waals surface area contributed by atoms with Crippen LogP contribution in [0.2, 0.25) is 0 Å². The fourth-order valence-electron chi connectivity index (χ4n) is 6.03. The van der Waals surface area contributed by atoms with Crippen LogP contribution in [0.3, 0.4) is 0 Å². The molecule has 2 saturated carbocycles. The average molecular weight is 334 g/mol. The molecule has 0 radical (unpaired) electrons. The Hall–Kier alpha value is -0.120. The maximum absolute atomic E-state index is 2.80. The molecule has 2 saturated heterocycles. The quantitative estimate of drug-likeness (QED) is 0.738. The van der Waals surface area contributed by atoms with Gasteiger partial charge >= 0.3 is 0 Å². The highest BCUT2D eigenvalue weighted by molar-refractivity contribution is 5.10. The summed E-state index contributed by atoms with van der Waals surface area (Å²) in [5.74, 6) is 0.875. The minimum atomic E-state index is 0.723. The summed E-state index contributed by atoms with van der Waals surface area (Å²) < 4.78 is 0. The van der Waals surface area contributed by atoms with Crippen molar-refractivity contribution in [1.29, 1.82) is 0 Å². The zero-order valence-electron chi connectivity index (χ0n) is 16.6. The van der Waals surface area contributed by atoms with Crippen molar-refractivity contribution < 1.29 is 0 Å². The monoisotopic (exact) mass is 333 g/mol. The van der Waals surface area contributed by atoms with E-state index in [2.05, 4.69) is 42.4 Å². The molecule has 0 aromatic carbocycles. The summed E-state index contributed by atoms with van der Waals surface area (Å²) in [6.07, 6.45) is 7.43. The number of hydrogen-bond acceptors (Lipinski definition) is 3. The number of nitrogens with zero attached hydrogens (tertiary/aromatic N) is 3. The van der Waals surface area contributed by atoms with E-state index >= 15 is 0 Å². The van der Waals surface area contributed by atoms with Crippen molar-refractivity contribution in [2.24, 2.45) is 16.7 Å². The van der Waals surface area contributed by atoms with Gasteiger partial charge in [-0.25, -0.2) is 0 Å². The molecule has 0 unspecified atom stereocenters. The van der Waals surface area contributed by atoms with Crippen LogP contribution >= 0.6 is 0 Å². The Morgan fingerprint density at radius 2 is 1.54 bits per heavy atom. The Kier molecular flexibility index (Phi) is 4.50. The first kappa shape index (κ1) is 17.3. The summed E-state index contributed by atoms with van der Waals surface area (Å²) in [5.41, 5.74) is 1.46. The fourth-order valence-corrected chi connectivity index (χ4v) is 6.03. The predicted octanol–water partition coefficient (Wildman–Crippen LogP) is 3.30. The van der Waals surface area contributed by atoms with Crippen LogP contribution in [0.4, 0.5) is 0 Å². The van der Waals surface area contributed by atoms with E-state index in [4.69, 9.17) is 0 Å². The third-order valence-corrected chi connectivity index (χ3v) is 7.41. The van der Waals surface area contributed by atoms with E-state index in [9.17, 15) is 0 Å². The normalized spacial score (nSPS) is 30.8. The molecule has 3 heteroatoms. The largest absolute Gasteiger partial charge is 0.302 e. The summed E-state index contributed by atoms with van der Waals surface area (Å²) in [5, 5.41) is 0. The van der Waals surface area contributed by atoms with Crippen molar-refractivity contribution in [3.8, 4) is 0 Å². The van der Waals surface area contributed by atoms with E-state index < -0.39 is 0 Å². The molecule has 0 N–H and O–H groups in total. The van der Waals surface area contributed by atoms with Crippen molar-refractivity contribution in [2.75, 3.05) is 45.8 Å². The SMILES string of the molecule is CC(C)CC1(CN2CC3(CC(N4CCN(C(C)C)CC4)C3)C2)CC1. The van der Waals surface area contributed by atoms with Crippen LogP contribution in [-0.2, 0) is 0 Å². The van der Waals surface area contributed by atoms with Crippen molar-refractivity contribution in [3.63, 3.8) is 0 Å². The zero-order valence-corrected chi connectivity index (χ0v) is 16.6. The highest BCUT2D eigenvalue weighted by Crippen LogP contribution is 2.55. The number of hydrogen-bond donors (Lipinski definition) is 0. The molecule has 138 valence electrons. The van der Waals surface area contributed by atoms with Gasteiger partial charge < -0.3 is 4.90 Å². The second-order valence-corrected chi connectivity index (χ2v) is 10.5. The van der Waals surface area contributed by atoms with Crippen molar-refractivity contribution in [2.45, 2.75) is 71.9 Å². The molecular weight excluding hydrogens is 294 g/mol. The third kappa shape index (κ3) is 3.41. The smallest absolute Gasteiger partial charge is 0.0113 e. The molecule has 2 aliphatic heterocycles. The van der Waals surface area contributed by atoms with Gasteiger partial charge in [-0.3, -0.25) is 9.80 Å². The maximum atomic E-state index is 2.80. The molecular formula is C21H39N3. The van der Waals surface area contributed by atoms with Crippen molar-refractivity contribution >= 4 is 0 Å². The minimum absolute atomic E-state index is 0.723. The van der Waals surface area contributed by atoms with Gasteiger partial charge in [-0.15, -0.1) is 0 Å². The zero-order chi connectivity index (χ0) is 16.9. The fraction of sp³-hybridized carbons (Fsp3) is 1.00. The van der Waals surface area contributed by atoms with Crippen LogP contribution in [0.15, 0.2) is 0 Å². The second-order valence-electron chi connectivity index (χ2n) is 10.5. The van der Waals surface area contributed by atoms with E-state index in [-0.39, 0.29) is 0 Å². The van der Waals surface area contributed by atoms with Crippen LogP contribution in [0.1, 0.15) is 59.8 Å². The average Bonchev–Trinajstić information content (AvgIpc) is 3.19. The van der Waals surface area contributed by atoms with Gasteiger partial charge in [0.1, 0.15) is 0 Å². The van der Waals surface area contributed by atoms with Crippen LogP contribution in [0, 0.1) is 16.7 Å². The van der Waals surface area contributed by atoms with Gasteiger partial charge in [0.05, 0.1) is 0 Å². The first-order valence-electron chi connectivity index (χ1n) is 10.6. The van der Waals surface area contributed by atoms with Crippen LogP contribution < -0.4 is 0 Å². The van der Waals surface area contributed by atoms with Gasteiger partial charge in [0.25, 0.3) is 0 Å². The molecule has 1 spiro atoms. The van der Waals surface area contributed by atoms with Gasteiger partial charge in [0.15, 0.2) is 0 Å². The second kappa shape index (κ2) is 6.25. The lowest BCUT2D eigenvalue weighted by atomic mass is 9.60. The van der Waals surface area contributed by atoms with Gasteiger partial charge in [-0.1, -0.05) is 13.8 Å². The molecule has 2 aliphatic carbocycles. The summed E-state index contributed by atoms with van der Waals surface area (Å²) in [4.78, 5) is 8.23. The summed E-state index contributed by atoms with van der Waals surface area (Å²) in [6, 6.07) is 1.63. The number of rotatable bonds is 6. The Labute approximate surface area is 149 Å². The van der Waals surface area contributed by atoms with E-state index in [0.717, 1.165) is 28.8 Å². The minimum Gasteiger partial charge on any atom is -0.302 e. The van der Waals surface area contributed by atoms with Crippen LogP contribution in [-0.4, -0.2) is 72.6 Å². The topological polar surface area (TPSA) is 9.72 Å². The first-order chi connectivity index (χ1) is 11.4. The third-order valence-electron chi connectivity index (χ3n) is 7.41. The Morgan fingerprint density at radius 1 is 0.917 bits per heavy atom. The van der Waals surface area contributed by atoms with E-state index in [1.54, 1.807) is 0 Å². The molecule has 0 atom stereocenters. The summed E-state index contributed by atoms with van der Waals surface area (Å²) in [7, 11) is 0. The summed E-state index contributed by atoms with van der Waals surface area (Å²) >= 11 is 0. The summed E-state index contributed by atoms with van der Waals surface area (Å²) in [6.45, 7) is 18.9. The van der Waals surface area contributed by atoms with E-state index in [0.29, 0.717) is 0 Å². The highest BCUT2D eigenvalue weighted by Gasteiger charge is 2.56. The van der Waals surface area contributed by atoms with Gasteiger partial charge in [-0.05, 0) is 62.7 Å². The standard InChI is InChI=1S/C21H39N3/c1-17(2)11-20(5-6-20)14-22-15-21(16-22)12-19(13-21)24-9-7-23(8-10-24)18(3)4/h17-19H,5-16H2,1-4H3. The first-order valence-corrected chi connectivity index (χ1v) is 10.6. The van der Waals surface area contributed by atoms with E-state index in [1.807, 2.05) is 0 Å². The Balaban J connectivity index is 1.17. The lowest BCUT2D eigenvalue weighted by Gasteiger charge is -2.62. The van der Waals surface area contributed by atoms with E-state index in [1.165, 1.54) is 77.9 Å². The molecule has 4 fully saturated rings. The molecule has 3 nitrogen and oxygen atoms in total. The molecule has 0 amide bonds. The van der Waals surface area contributed by atoms with Gasteiger partial charge in [-0.2, -0.15) is 0 Å². The maximum Gasteiger partial charge on any atom is 0.0113 e. The molecule has 2 heterocycles. The van der Waals surface area contributed by atoms with Crippen LogP contribution in [0.5, 0.6) is 0 Å². The van der Waals surface area contributed by atoms with Crippen molar-refractivity contribution in [1.82, 2.24) is 14.7 Å². The number of piperazine rings is 1. The highest BCUT2D eigenvalue weighted by atomic mass is 15.3. The van der Waals surface area contributed by atoms with Gasteiger partial charge in [0.2, 0.25) is 0 Å². The van der Waals surface area contributed by atoms with Gasteiger partial charge in [0, 0.05) is 57.9 Å². The Morgan fingerprint density at radius 3 is 2.04 bits per heavy atom. The molecule has 0 bridgehead atoms. The van der Waals surface area contributed by atoms with Crippen molar-refractivity contribution in [3.05, 3.63) is 0 Å². The molecule has 4 rings (SSSR count).